The van der Waals surface area contributed by atoms with Crippen LogP contribution in [0.4, 0.5) is 0 Å². The lowest BCUT2D eigenvalue weighted by Crippen LogP contribution is -2.15. The maximum atomic E-state index is 11.2. The van der Waals surface area contributed by atoms with Gasteiger partial charge in [0.05, 0.1) is 7.11 Å². The molecule has 2 N–H and O–H groups in total. The number of ether oxygens (including phenoxy) is 1. The van der Waals surface area contributed by atoms with E-state index in [1.165, 1.54) is 7.11 Å². The van der Waals surface area contributed by atoms with Gasteiger partial charge in [0.25, 0.3) is 0 Å². The fourth-order valence-corrected chi connectivity index (χ4v) is 2.04. The number of rotatable bonds is 7. The summed E-state index contributed by atoms with van der Waals surface area (Å²) in [6, 6.07) is 0.257. The van der Waals surface area contributed by atoms with Crippen molar-refractivity contribution in [3.8, 4) is 0 Å². The Labute approximate surface area is 96.4 Å². The third-order valence-electron chi connectivity index (χ3n) is 1.99. The lowest BCUT2D eigenvalue weighted by atomic mass is 10.2. The highest BCUT2D eigenvalue weighted by Crippen LogP contribution is 2.09. The molecule has 1 unspecified atom stereocenters. The summed E-state index contributed by atoms with van der Waals surface area (Å²) in [5, 5.41) is 0. The predicted molar refractivity (Wildman–Crippen MR) is 66.0 cm³/mol. The highest BCUT2D eigenvalue weighted by atomic mass is 32.2. The summed E-state index contributed by atoms with van der Waals surface area (Å²) in [5.74, 6) is 1.67. The molecule has 3 nitrogen and oxygen atoms in total. The molecule has 0 saturated carbocycles. The van der Waals surface area contributed by atoms with Gasteiger partial charge >= 0.3 is 5.97 Å². The van der Waals surface area contributed by atoms with Gasteiger partial charge in [-0.15, -0.1) is 0 Å². The fourth-order valence-electron chi connectivity index (χ4n) is 1.02. The number of carbonyl (C=O) groups excluding carboxylic acids is 1. The van der Waals surface area contributed by atoms with Crippen molar-refractivity contribution in [2.24, 2.45) is 5.73 Å². The quantitative estimate of drug-likeness (QED) is 0.413. The maximum Gasteiger partial charge on any atom is 0.333 e. The molecule has 0 radical (unpaired) electrons. The van der Waals surface area contributed by atoms with Gasteiger partial charge in [-0.2, -0.15) is 11.8 Å². The van der Waals surface area contributed by atoms with Gasteiger partial charge in [0.15, 0.2) is 0 Å². The molecule has 0 rings (SSSR count). The molecular formula is C11H21NO2S. The highest BCUT2D eigenvalue weighted by molar-refractivity contribution is 7.99. The number of nitrogens with two attached hydrogens (primary N) is 1. The van der Waals surface area contributed by atoms with Crippen LogP contribution in [0.1, 0.15) is 26.7 Å². The smallest absolute Gasteiger partial charge is 0.333 e. The molecule has 0 aromatic rings. The first-order valence-corrected chi connectivity index (χ1v) is 6.38. The predicted octanol–water partition coefficient (Wildman–Crippen LogP) is 1.97. The van der Waals surface area contributed by atoms with Crippen molar-refractivity contribution in [1.29, 1.82) is 0 Å². The van der Waals surface area contributed by atoms with E-state index in [0.717, 1.165) is 29.9 Å². The van der Waals surface area contributed by atoms with Crippen molar-refractivity contribution >= 4 is 17.7 Å². The van der Waals surface area contributed by atoms with Crippen LogP contribution in [-0.2, 0) is 9.53 Å². The van der Waals surface area contributed by atoms with Crippen LogP contribution in [0, 0.1) is 0 Å². The molecule has 0 aliphatic carbocycles. The number of thioether (sulfide) groups is 1. The number of hydrogen-bond donors (Lipinski definition) is 1. The van der Waals surface area contributed by atoms with E-state index >= 15 is 0 Å². The van der Waals surface area contributed by atoms with Crippen molar-refractivity contribution in [2.45, 2.75) is 32.7 Å². The lowest BCUT2D eigenvalue weighted by molar-refractivity contribution is -0.136. The average Bonchev–Trinajstić information content (AvgIpc) is 2.22. The van der Waals surface area contributed by atoms with Crippen molar-refractivity contribution in [3.63, 3.8) is 0 Å². The van der Waals surface area contributed by atoms with Gasteiger partial charge in [0, 0.05) is 17.4 Å². The second-order valence-electron chi connectivity index (χ2n) is 3.42. The van der Waals surface area contributed by atoms with E-state index in [2.05, 4.69) is 4.74 Å². The van der Waals surface area contributed by atoms with Gasteiger partial charge < -0.3 is 10.5 Å². The normalized spacial score (nSPS) is 13.7. The van der Waals surface area contributed by atoms with E-state index in [1.807, 2.05) is 19.9 Å². The molecule has 0 bridgehead atoms. The minimum Gasteiger partial charge on any atom is -0.466 e. The van der Waals surface area contributed by atoms with Crippen LogP contribution in [0.15, 0.2) is 11.6 Å². The molecule has 15 heavy (non-hydrogen) atoms. The van der Waals surface area contributed by atoms with Crippen LogP contribution in [0.2, 0.25) is 0 Å². The molecule has 0 saturated heterocycles. The van der Waals surface area contributed by atoms with Crippen molar-refractivity contribution < 1.29 is 9.53 Å². The van der Waals surface area contributed by atoms with Crippen LogP contribution in [0.5, 0.6) is 0 Å². The number of methoxy groups -OCH3 is 1. The summed E-state index contributed by atoms with van der Waals surface area (Å²) >= 11 is 1.79. The van der Waals surface area contributed by atoms with Crippen LogP contribution in [0.25, 0.3) is 0 Å². The molecule has 0 aliphatic rings. The average molecular weight is 231 g/mol. The van der Waals surface area contributed by atoms with Gasteiger partial charge in [0.2, 0.25) is 0 Å². The molecule has 0 heterocycles. The zero-order valence-corrected chi connectivity index (χ0v) is 10.6. The molecule has 0 spiro atoms. The number of carbonyl (C=O) groups is 1. The first-order chi connectivity index (χ1) is 7.11. The van der Waals surface area contributed by atoms with E-state index in [0.29, 0.717) is 0 Å². The van der Waals surface area contributed by atoms with Crippen LogP contribution in [0.3, 0.4) is 0 Å². The van der Waals surface area contributed by atoms with E-state index in [4.69, 9.17) is 5.73 Å². The van der Waals surface area contributed by atoms with Gasteiger partial charge in [-0.1, -0.05) is 13.0 Å². The van der Waals surface area contributed by atoms with E-state index in [-0.39, 0.29) is 12.0 Å². The Hall–Kier alpha value is -0.480. The summed E-state index contributed by atoms with van der Waals surface area (Å²) in [6.07, 6.45) is 3.68. The zero-order valence-electron chi connectivity index (χ0n) is 9.79. The minimum absolute atomic E-state index is 0.217. The van der Waals surface area contributed by atoms with Gasteiger partial charge in [-0.25, -0.2) is 4.79 Å². The Morgan fingerprint density at radius 3 is 2.73 bits per heavy atom. The molecule has 0 aromatic heterocycles. The summed E-state index contributed by atoms with van der Waals surface area (Å²) in [6.45, 7) is 3.96. The first-order valence-electron chi connectivity index (χ1n) is 5.22. The second kappa shape index (κ2) is 8.80. The Kier molecular flexibility index (Phi) is 8.52. The van der Waals surface area contributed by atoms with Crippen LogP contribution >= 0.6 is 11.8 Å². The standard InChI is InChI=1S/C11H21NO2S/c1-4-10(11(13)14-3)6-8-15-7-5-9(2)12/h6,9H,4-5,7-8,12H2,1-3H3. The molecule has 88 valence electrons. The van der Waals surface area contributed by atoms with Crippen molar-refractivity contribution in [2.75, 3.05) is 18.6 Å². The molecular weight excluding hydrogens is 210 g/mol. The molecule has 0 aliphatic heterocycles. The van der Waals surface area contributed by atoms with E-state index in [9.17, 15) is 4.79 Å². The SMILES string of the molecule is CCC(=CCSCCC(C)N)C(=O)OC. The largest absolute Gasteiger partial charge is 0.466 e. The zero-order chi connectivity index (χ0) is 11.7. The molecule has 0 amide bonds. The molecule has 1 atom stereocenters. The van der Waals surface area contributed by atoms with Crippen LogP contribution in [-0.4, -0.2) is 30.6 Å². The Balaban J connectivity index is 3.77. The third-order valence-corrected chi connectivity index (χ3v) is 2.92. The van der Waals surface area contributed by atoms with E-state index in [1.54, 1.807) is 11.8 Å². The van der Waals surface area contributed by atoms with E-state index < -0.39 is 0 Å². The summed E-state index contributed by atoms with van der Waals surface area (Å²) in [7, 11) is 1.41. The van der Waals surface area contributed by atoms with Crippen LogP contribution < -0.4 is 5.73 Å². The third kappa shape index (κ3) is 7.45. The topological polar surface area (TPSA) is 52.3 Å². The summed E-state index contributed by atoms with van der Waals surface area (Å²) in [5.41, 5.74) is 6.38. The Morgan fingerprint density at radius 1 is 1.60 bits per heavy atom. The Bertz CT molecular complexity index is 215. The molecule has 0 fully saturated rings. The monoisotopic (exact) mass is 231 g/mol. The molecule has 0 aromatic carbocycles. The van der Waals surface area contributed by atoms with Crippen molar-refractivity contribution in [1.82, 2.24) is 0 Å². The fraction of sp³-hybridized carbons (Fsp3) is 0.727. The molecule has 4 heteroatoms. The minimum atomic E-state index is -0.217. The maximum absolute atomic E-state index is 11.2. The highest BCUT2D eigenvalue weighted by Gasteiger charge is 2.05. The Morgan fingerprint density at radius 2 is 2.27 bits per heavy atom. The number of esters is 1. The summed E-state index contributed by atoms with van der Waals surface area (Å²) in [4.78, 5) is 11.2. The van der Waals surface area contributed by atoms with Gasteiger partial charge in [0.1, 0.15) is 0 Å². The number of hydrogen-bond acceptors (Lipinski definition) is 4. The summed E-state index contributed by atoms with van der Waals surface area (Å²) < 4.78 is 4.66. The van der Waals surface area contributed by atoms with Gasteiger partial charge in [-0.05, 0) is 25.5 Å². The van der Waals surface area contributed by atoms with Gasteiger partial charge in [-0.3, -0.25) is 0 Å². The lowest BCUT2D eigenvalue weighted by Gasteiger charge is -2.04. The van der Waals surface area contributed by atoms with Crippen molar-refractivity contribution in [3.05, 3.63) is 11.6 Å². The second-order valence-corrected chi connectivity index (χ2v) is 4.57. The first kappa shape index (κ1) is 14.5.